The van der Waals surface area contributed by atoms with E-state index in [1.807, 2.05) is 26.0 Å². The van der Waals surface area contributed by atoms with E-state index in [9.17, 15) is 10.2 Å². The van der Waals surface area contributed by atoms with Gasteiger partial charge >= 0.3 is 0 Å². The molecule has 3 rings (SSSR count). The molecule has 0 amide bonds. The summed E-state index contributed by atoms with van der Waals surface area (Å²) in [5.41, 5.74) is 2.65. The van der Waals surface area contributed by atoms with Crippen LogP contribution < -0.4 is 9.47 Å². The maximum atomic E-state index is 9.45. The summed E-state index contributed by atoms with van der Waals surface area (Å²) in [6.45, 7) is 4.95. The summed E-state index contributed by atoms with van der Waals surface area (Å²) in [7, 11) is 0. The number of benzene rings is 2. The molecule has 32 heavy (non-hydrogen) atoms. The summed E-state index contributed by atoms with van der Waals surface area (Å²) < 4.78 is 12.2. The highest BCUT2D eigenvalue weighted by Gasteiger charge is 2.27. The fourth-order valence-electron chi connectivity index (χ4n) is 4.74. The van der Waals surface area contributed by atoms with Gasteiger partial charge in [-0.2, -0.15) is 0 Å². The summed E-state index contributed by atoms with van der Waals surface area (Å²) in [5, 5.41) is 18.9. The summed E-state index contributed by atoms with van der Waals surface area (Å²) in [4.78, 5) is 0. The first-order chi connectivity index (χ1) is 15.5. The molecule has 2 aromatic rings. The molecule has 2 atom stereocenters. The summed E-state index contributed by atoms with van der Waals surface area (Å²) in [5.74, 6) is 3.06. The smallest absolute Gasteiger partial charge is 0.122 e. The highest BCUT2D eigenvalue weighted by molar-refractivity contribution is 5.39. The third-order valence-corrected chi connectivity index (χ3v) is 6.49. The molecule has 2 unspecified atom stereocenters. The maximum Gasteiger partial charge on any atom is 0.122 e. The molecule has 4 nitrogen and oxygen atoms in total. The molecule has 1 aliphatic carbocycles. The SMILES string of the molecule is CC(O)CCCOc1ccccc1C1CCC(c2ccccc2OCCCC(C)O)CC1. The fraction of sp³-hybridized carbons (Fsp3) is 0.571. The van der Waals surface area contributed by atoms with E-state index >= 15 is 0 Å². The van der Waals surface area contributed by atoms with Crippen molar-refractivity contribution in [1.29, 1.82) is 0 Å². The zero-order chi connectivity index (χ0) is 22.8. The number of rotatable bonds is 12. The number of hydrogen-bond donors (Lipinski definition) is 2. The molecular formula is C28H40O4. The van der Waals surface area contributed by atoms with Crippen LogP contribution in [-0.4, -0.2) is 35.6 Å². The van der Waals surface area contributed by atoms with Crippen LogP contribution in [0.2, 0.25) is 0 Å². The minimum atomic E-state index is -0.269. The largest absolute Gasteiger partial charge is 0.493 e. The second kappa shape index (κ2) is 12.9. The predicted octanol–water partition coefficient (Wildman–Crippen LogP) is 6.21. The van der Waals surface area contributed by atoms with Crippen molar-refractivity contribution >= 4 is 0 Å². The Hall–Kier alpha value is -2.04. The number of ether oxygens (including phenoxy) is 2. The minimum Gasteiger partial charge on any atom is -0.493 e. The van der Waals surface area contributed by atoms with Gasteiger partial charge in [-0.3, -0.25) is 0 Å². The Morgan fingerprint density at radius 2 is 1.06 bits per heavy atom. The number of aliphatic hydroxyl groups is 2. The van der Waals surface area contributed by atoms with E-state index in [4.69, 9.17) is 9.47 Å². The topological polar surface area (TPSA) is 58.9 Å². The van der Waals surface area contributed by atoms with Gasteiger partial charge in [0.1, 0.15) is 11.5 Å². The van der Waals surface area contributed by atoms with Gasteiger partial charge in [0.25, 0.3) is 0 Å². The highest BCUT2D eigenvalue weighted by atomic mass is 16.5. The van der Waals surface area contributed by atoms with E-state index in [0.29, 0.717) is 25.0 Å². The lowest BCUT2D eigenvalue weighted by Crippen LogP contribution is -2.14. The van der Waals surface area contributed by atoms with E-state index < -0.39 is 0 Å². The molecule has 4 heteroatoms. The average Bonchev–Trinajstić information content (AvgIpc) is 2.80. The zero-order valence-electron chi connectivity index (χ0n) is 19.7. The van der Waals surface area contributed by atoms with Gasteiger partial charge in [-0.1, -0.05) is 36.4 Å². The zero-order valence-corrected chi connectivity index (χ0v) is 19.7. The Kier molecular flexibility index (Phi) is 9.89. The van der Waals surface area contributed by atoms with Crippen molar-refractivity contribution in [2.75, 3.05) is 13.2 Å². The van der Waals surface area contributed by atoms with Gasteiger partial charge in [-0.25, -0.2) is 0 Å². The van der Waals surface area contributed by atoms with Crippen LogP contribution in [0.15, 0.2) is 48.5 Å². The lowest BCUT2D eigenvalue weighted by Gasteiger charge is -2.31. The second-order valence-corrected chi connectivity index (χ2v) is 9.30. The van der Waals surface area contributed by atoms with E-state index in [1.54, 1.807) is 0 Å². The lowest BCUT2D eigenvalue weighted by atomic mass is 9.76. The average molecular weight is 441 g/mol. The van der Waals surface area contributed by atoms with Crippen molar-refractivity contribution in [3.63, 3.8) is 0 Å². The van der Waals surface area contributed by atoms with Gasteiger partial charge in [0.2, 0.25) is 0 Å². The first-order valence-electron chi connectivity index (χ1n) is 12.3. The summed E-state index contributed by atoms with van der Waals surface area (Å²) in [6.07, 6.45) is 7.33. The van der Waals surface area contributed by atoms with Crippen LogP contribution in [0, 0.1) is 0 Å². The normalized spacial score (nSPS) is 20.5. The number of hydrogen-bond acceptors (Lipinski definition) is 4. The Morgan fingerprint density at radius 3 is 1.44 bits per heavy atom. The molecule has 2 aromatic carbocycles. The number of aliphatic hydroxyl groups excluding tert-OH is 2. The minimum absolute atomic E-state index is 0.269. The molecule has 0 bridgehead atoms. The van der Waals surface area contributed by atoms with Crippen LogP contribution in [-0.2, 0) is 0 Å². The van der Waals surface area contributed by atoms with Gasteiger partial charge in [-0.05, 0) is 100 Å². The van der Waals surface area contributed by atoms with Crippen molar-refractivity contribution in [2.45, 2.75) is 89.3 Å². The second-order valence-electron chi connectivity index (χ2n) is 9.30. The standard InChI is InChI=1S/C28H40O4/c1-21(29)9-7-19-31-27-13-5-3-11-25(27)23-15-17-24(18-16-23)26-12-4-6-14-28(26)32-20-8-10-22(2)30/h3-6,11-14,21-24,29-30H,7-10,15-20H2,1-2H3. The third-order valence-electron chi connectivity index (χ3n) is 6.49. The van der Waals surface area contributed by atoms with Gasteiger partial charge in [-0.15, -0.1) is 0 Å². The fourth-order valence-corrected chi connectivity index (χ4v) is 4.74. The third kappa shape index (κ3) is 7.53. The Bertz CT molecular complexity index is 726. The van der Waals surface area contributed by atoms with E-state index in [-0.39, 0.29) is 12.2 Å². The van der Waals surface area contributed by atoms with Gasteiger partial charge in [0, 0.05) is 0 Å². The molecule has 2 N–H and O–H groups in total. The Morgan fingerprint density at radius 1 is 0.688 bits per heavy atom. The van der Waals surface area contributed by atoms with Gasteiger partial charge in [0.05, 0.1) is 25.4 Å². The monoisotopic (exact) mass is 440 g/mol. The highest BCUT2D eigenvalue weighted by Crippen LogP contribution is 2.44. The van der Waals surface area contributed by atoms with Gasteiger partial charge in [0.15, 0.2) is 0 Å². The molecule has 1 fully saturated rings. The molecule has 0 aliphatic heterocycles. The van der Waals surface area contributed by atoms with Crippen LogP contribution in [0.5, 0.6) is 11.5 Å². The molecule has 0 saturated heterocycles. The summed E-state index contributed by atoms with van der Waals surface area (Å²) >= 11 is 0. The van der Waals surface area contributed by atoms with Crippen LogP contribution >= 0.6 is 0 Å². The predicted molar refractivity (Wildman–Crippen MR) is 130 cm³/mol. The van der Waals surface area contributed by atoms with Gasteiger partial charge < -0.3 is 19.7 Å². The first kappa shape index (κ1) is 24.6. The van der Waals surface area contributed by atoms with Crippen LogP contribution in [0.1, 0.15) is 88.2 Å². The molecule has 0 aromatic heterocycles. The first-order valence-corrected chi connectivity index (χ1v) is 12.3. The van der Waals surface area contributed by atoms with E-state index in [2.05, 4.69) is 36.4 Å². The molecule has 0 heterocycles. The van der Waals surface area contributed by atoms with E-state index in [0.717, 1.165) is 62.9 Å². The summed E-state index contributed by atoms with van der Waals surface area (Å²) in [6, 6.07) is 16.9. The van der Waals surface area contributed by atoms with Crippen molar-refractivity contribution in [2.24, 2.45) is 0 Å². The Balaban J connectivity index is 1.56. The molecule has 1 saturated carbocycles. The molecule has 176 valence electrons. The van der Waals surface area contributed by atoms with Crippen molar-refractivity contribution in [1.82, 2.24) is 0 Å². The van der Waals surface area contributed by atoms with Crippen molar-refractivity contribution < 1.29 is 19.7 Å². The number of para-hydroxylation sites is 2. The Labute approximate surface area is 193 Å². The molecule has 1 aliphatic rings. The maximum absolute atomic E-state index is 9.45. The van der Waals surface area contributed by atoms with Crippen LogP contribution in [0.3, 0.4) is 0 Å². The molecular weight excluding hydrogens is 400 g/mol. The molecule has 0 radical (unpaired) electrons. The van der Waals surface area contributed by atoms with Crippen molar-refractivity contribution in [3.8, 4) is 11.5 Å². The van der Waals surface area contributed by atoms with Crippen LogP contribution in [0.4, 0.5) is 0 Å². The van der Waals surface area contributed by atoms with E-state index in [1.165, 1.54) is 11.1 Å². The quantitative estimate of drug-likeness (QED) is 0.385. The van der Waals surface area contributed by atoms with Crippen LogP contribution in [0.25, 0.3) is 0 Å². The lowest BCUT2D eigenvalue weighted by molar-refractivity contribution is 0.169. The molecule has 0 spiro atoms. The van der Waals surface area contributed by atoms with Crippen molar-refractivity contribution in [3.05, 3.63) is 59.7 Å².